The Hall–Kier alpha value is -2.80. The summed E-state index contributed by atoms with van der Waals surface area (Å²) >= 11 is 1.29. The summed E-state index contributed by atoms with van der Waals surface area (Å²) in [5.41, 5.74) is 3.00. The second kappa shape index (κ2) is 7.85. The van der Waals surface area contributed by atoms with E-state index in [2.05, 4.69) is 26.6 Å². The Morgan fingerprint density at radius 3 is 2.68 bits per heavy atom. The van der Waals surface area contributed by atoms with E-state index in [0.717, 1.165) is 22.6 Å². The van der Waals surface area contributed by atoms with Gasteiger partial charge < -0.3 is 10.1 Å². The maximum atomic E-state index is 12.0. The van der Waals surface area contributed by atoms with Gasteiger partial charge in [-0.25, -0.2) is 0 Å². The lowest BCUT2D eigenvalue weighted by Gasteiger charge is -2.07. The van der Waals surface area contributed by atoms with E-state index < -0.39 is 0 Å². The fourth-order valence-electron chi connectivity index (χ4n) is 2.33. The molecule has 0 bridgehead atoms. The van der Waals surface area contributed by atoms with Gasteiger partial charge in [0.15, 0.2) is 5.01 Å². The van der Waals surface area contributed by atoms with Crippen LogP contribution in [0.1, 0.15) is 17.5 Å². The van der Waals surface area contributed by atoms with Crippen molar-refractivity contribution in [2.75, 3.05) is 11.9 Å². The maximum absolute atomic E-state index is 12.0. The van der Waals surface area contributed by atoms with Gasteiger partial charge in [-0.2, -0.15) is 0 Å². The highest BCUT2D eigenvalue weighted by Gasteiger charge is 2.10. The first kappa shape index (κ1) is 17.0. The molecule has 0 aliphatic rings. The van der Waals surface area contributed by atoms with Gasteiger partial charge in [0, 0.05) is 6.20 Å². The number of ether oxygens (including phenoxy) is 1. The lowest BCUT2D eigenvalue weighted by Crippen LogP contribution is -2.15. The van der Waals surface area contributed by atoms with Gasteiger partial charge in [0.05, 0.1) is 13.0 Å². The molecule has 0 aliphatic carbocycles. The Morgan fingerprint density at radius 2 is 1.96 bits per heavy atom. The van der Waals surface area contributed by atoms with E-state index >= 15 is 0 Å². The number of benzene rings is 1. The van der Waals surface area contributed by atoms with Crippen LogP contribution in [-0.4, -0.2) is 27.7 Å². The number of amides is 1. The summed E-state index contributed by atoms with van der Waals surface area (Å²) in [6.45, 7) is 4.34. The number of nitrogens with zero attached hydrogens (tertiary/aromatic N) is 3. The largest absolute Gasteiger partial charge is 0.493 e. The number of carbonyl (C=O) groups is 1. The van der Waals surface area contributed by atoms with Crippen LogP contribution in [0.15, 0.2) is 42.6 Å². The smallest absolute Gasteiger partial charge is 0.229 e. The molecule has 0 radical (unpaired) electrons. The lowest BCUT2D eigenvalue weighted by atomic mass is 10.1. The fourth-order valence-corrected chi connectivity index (χ4v) is 3.06. The Balaban J connectivity index is 1.50. The Morgan fingerprint density at radius 1 is 1.16 bits per heavy atom. The number of carbonyl (C=O) groups excluding carboxylic acids is 1. The van der Waals surface area contributed by atoms with Gasteiger partial charge in [-0.15, -0.1) is 10.2 Å². The zero-order valence-electron chi connectivity index (χ0n) is 14.0. The summed E-state index contributed by atoms with van der Waals surface area (Å²) in [6, 6.07) is 11.6. The first-order valence-corrected chi connectivity index (χ1v) is 8.67. The summed E-state index contributed by atoms with van der Waals surface area (Å²) in [5, 5.41) is 11.9. The summed E-state index contributed by atoms with van der Waals surface area (Å²) in [6.07, 6.45) is 1.94. The summed E-state index contributed by atoms with van der Waals surface area (Å²) in [4.78, 5) is 16.2. The molecule has 0 aliphatic heterocycles. The lowest BCUT2D eigenvalue weighted by molar-refractivity contribution is -0.116. The highest BCUT2D eigenvalue weighted by atomic mass is 32.1. The van der Waals surface area contributed by atoms with Gasteiger partial charge in [0.2, 0.25) is 11.0 Å². The molecule has 0 atom stereocenters. The molecule has 3 aromatic rings. The average Bonchev–Trinajstić information content (AvgIpc) is 3.03. The van der Waals surface area contributed by atoms with E-state index in [0.29, 0.717) is 16.7 Å². The summed E-state index contributed by atoms with van der Waals surface area (Å²) in [7, 11) is 0. The van der Waals surface area contributed by atoms with Gasteiger partial charge in [0.25, 0.3) is 0 Å². The average molecular weight is 354 g/mol. The van der Waals surface area contributed by atoms with Crippen LogP contribution >= 0.6 is 11.3 Å². The van der Waals surface area contributed by atoms with Crippen LogP contribution in [0.4, 0.5) is 5.13 Å². The van der Waals surface area contributed by atoms with E-state index in [4.69, 9.17) is 4.74 Å². The molecule has 2 heterocycles. The standard InChI is InChI=1S/C18H18N4O2S/c1-12-9-13(2)11-14(10-12)24-8-6-16(23)20-18-22-21-17(25-18)15-5-3-4-7-19-15/h3-5,7,9-11H,6,8H2,1-2H3,(H,20,22,23). The van der Waals surface area contributed by atoms with Crippen LogP contribution in [0.2, 0.25) is 0 Å². The number of hydrogen-bond acceptors (Lipinski definition) is 6. The van der Waals surface area contributed by atoms with Crippen LogP contribution in [0.5, 0.6) is 5.75 Å². The number of pyridine rings is 1. The topological polar surface area (TPSA) is 77.0 Å². The number of anilines is 1. The van der Waals surface area contributed by atoms with E-state index in [9.17, 15) is 4.79 Å². The third-order valence-corrected chi connectivity index (χ3v) is 4.21. The van der Waals surface area contributed by atoms with Crippen molar-refractivity contribution in [3.8, 4) is 16.5 Å². The van der Waals surface area contributed by atoms with Crippen molar-refractivity contribution in [2.45, 2.75) is 20.3 Å². The molecule has 1 N–H and O–H groups in total. The zero-order valence-corrected chi connectivity index (χ0v) is 14.8. The molecule has 3 rings (SSSR count). The minimum Gasteiger partial charge on any atom is -0.493 e. The molecule has 0 unspecified atom stereocenters. The molecular weight excluding hydrogens is 336 g/mol. The number of aromatic nitrogens is 3. The molecule has 0 spiro atoms. The van der Waals surface area contributed by atoms with Crippen LogP contribution in [0, 0.1) is 13.8 Å². The van der Waals surface area contributed by atoms with Crippen molar-refractivity contribution >= 4 is 22.4 Å². The number of rotatable bonds is 6. The van der Waals surface area contributed by atoms with Gasteiger partial charge in [-0.05, 0) is 49.2 Å². The van der Waals surface area contributed by atoms with Gasteiger partial charge >= 0.3 is 0 Å². The van der Waals surface area contributed by atoms with Crippen LogP contribution < -0.4 is 10.1 Å². The molecule has 2 aromatic heterocycles. The number of hydrogen-bond donors (Lipinski definition) is 1. The van der Waals surface area contributed by atoms with Crippen molar-refractivity contribution in [1.82, 2.24) is 15.2 Å². The Labute approximate surface area is 149 Å². The molecule has 1 amide bonds. The van der Waals surface area contributed by atoms with Gasteiger partial charge in [0.1, 0.15) is 11.4 Å². The second-order valence-electron chi connectivity index (χ2n) is 5.60. The molecule has 7 heteroatoms. The molecule has 1 aromatic carbocycles. The first-order valence-electron chi connectivity index (χ1n) is 7.86. The second-order valence-corrected chi connectivity index (χ2v) is 6.57. The number of aryl methyl sites for hydroxylation is 2. The molecule has 0 saturated heterocycles. The third-order valence-electron chi connectivity index (χ3n) is 3.35. The quantitative estimate of drug-likeness (QED) is 0.731. The van der Waals surface area contributed by atoms with Crippen molar-refractivity contribution in [1.29, 1.82) is 0 Å². The van der Waals surface area contributed by atoms with Gasteiger partial charge in [-0.1, -0.05) is 23.5 Å². The van der Waals surface area contributed by atoms with Crippen LogP contribution in [-0.2, 0) is 4.79 Å². The molecule has 0 saturated carbocycles. The minimum atomic E-state index is -0.159. The number of nitrogens with one attached hydrogen (secondary N) is 1. The van der Waals surface area contributed by atoms with E-state index in [1.807, 2.05) is 44.2 Å². The molecule has 0 fully saturated rings. The SMILES string of the molecule is Cc1cc(C)cc(OCCC(=O)Nc2nnc(-c3ccccn3)s2)c1. The van der Waals surface area contributed by atoms with Crippen molar-refractivity contribution in [2.24, 2.45) is 0 Å². The van der Waals surface area contributed by atoms with Crippen molar-refractivity contribution in [3.05, 3.63) is 53.7 Å². The molecule has 128 valence electrons. The predicted octanol–water partition coefficient (Wildman–Crippen LogP) is 3.62. The van der Waals surface area contributed by atoms with Crippen molar-refractivity contribution in [3.63, 3.8) is 0 Å². The monoisotopic (exact) mass is 354 g/mol. The van der Waals surface area contributed by atoms with E-state index in [1.165, 1.54) is 11.3 Å². The third kappa shape index (κ3) is 4.84. The van der Waals surface area contributed by atoms with Crippen LogP contribution in [0.25, 0.3) is 10.7 Å². The zero-order chi connectivity index (χ0) is 17.6. The highest BCUT2D eigenvalue weighted by Crippen LogP contribution is 2.24. The fraction of sp³-hybridized carbons (Fsp3) is 0.222. The maximum Gasteiger partial charge on any atom is 0.229 e. The van der Waals surface area contributed by atoms with E-state index in [-0.39, 0.29) is 12.3 Å². The molecule has 25 heavy (non-hydrogen) atoms. The summed E-state index contributed by atoms with van der Waals surface area (Å²) < 4.78 is 5.65. The highest BCUT2D eigenvalue weighted by molar-refractivity contribution is 7.18. The van der Waals surface area contributed by atoms with Crippen molar-refractivity contribution < 1.29 is 9.53 Å². The molecular formula is C18H18N4O2S. The van der Waals surface area contributed by atoms with Gasteiger partial charge in [-0.3, -0.25) is 9.78 Å². The van der Waals surface area contributed by atoms with Crippen LogP contribution in [0.3, 0.4) is 0 Å². The Kier molecular flexibility index (Phi) is 5.35. The minimum absolute atomic E-state index is 0.159. The predicted molar refractivity (Wildman–Crippen MR) is 97.8 cm³/mol. The summed E-state index contributed by atoms with van der Waals surface area (Å²) in [5.74, 6) is 0.617. The van der Waals surface area contributed by atoms with E-state index in [1.54, 1.807) is 6.20 Å². The first-order chi connectivity index (χ1) is 12.1. The molecule has 6 nitrogen and oxygen atoms in total. The normalized spacial score (nSPS) is 10.5. The Bertz CT molecular complexity index is 844.